The van der Waals surface area contributed by atoms with Crippen molar-refractivity contribution in [2.24, 2.45) is 4.99 Å². The van der Waals surface area contributed by atoms with E-state index in [1.807, 2.05) is 11.8 Å². The summed E-state index contributed by atoms with van der Waals surface area (Å²) in [5, 5.41) is 13.8. The van der Waals surface area contributed by atoms with Gasteiger partial charge in [0.1, 0.15) is 11.5 Å². The number of methoxy groups -OCH3 is 2. The van der Waals surface area contributed by atoms with Crippen LogP contribution >= 0.6 is 0 Å². The molecule has 1 aliphatic rings. The molecule has 1 aromatic rings. The van der Waals surface area contributed by atoms with Gasteiger partial charge < -0.3 is 24.8 Å². The largest absolute Gasteiger partial charge is 0.497 e. The van der Waals surface area contributed by atoms with Gasteiger partial charge in [0, 0.05) is 25.7 Å². The third kappa shape index (κ3) is 5.08. The van der Waals surface area contributed by atoms with Crippen LogP contribution in [0.4, 0.5) is 0 Å². The molecule has 0 saturated carbocycles. The second-order valence-corrected chi connectivity index (χ2v) is 10.1. The summed E-state index contributed by atoms with van der Waals surface area (Å²) in [4.78, 5) is 6.48. The van der Waals surface area contributed by atoms with E-state index in [1.165, 1.54) is 0 Å². The van der Waals surface area contributed by atoms with E-state index in [9.17, 15) is 13.5 Å². The average Bonchev–Trinajstić information content (AvgIpc) is 2.66. The summed E-state index contributed by atoms with van der Waals surface area (Å²) in [5.41, 5.74) is 0.636. The maximum absolute atomic E-state index is 12.3. The Kier molecular flexibility index (Phi) is 7.16. The number of aliphatic hydroxyl groups is 1. The molecule has 0 aliphatic carbocycles. The van der Waals surface area contributed by atoms with Crippen LogP contribution in [0.5, 0.6) is 11.5 Å². The summed E-state index contributed by atoms with van der Waals surface area (Å²) in [6.45, 7) is 6.91. The van der Waals surface area contributed by atoms with Crippen molar-refractivity contribution >= 4 is 15.8 Å². The second-order valence-electron chi connectivity index (χ2n) is 7.36. The Labute approximate surface area is 167 Å². The van der Waals surface area contributed by atoms with Gasteiger partial charge in [-0.1, -0.05) is 0 Å². The highest BCUT2D eigenvalue weighted by Gasteiger charge is 2.41. The molecule has 158 valence electrons. The number of benzene rings is 1. The fraction of sp³-hybridized carbons (Fsp3) is 0.632. The summed E-state index contributed by atoms with van der Waals surface area (Å²) in [6.07, 6.45) is -0.848. The number of rotatable bonds is 6. The number of ether oxygens (including phenoxy) is 2. The highest BCUT2D eigenvalue weighted by molar-refractivity contribution is 7.92. The maximum Gasteiger partial charge on any atom is 0.194 e. The molecule has 0 amide bonds. The molecular weight excluding hydrogens is 382 g/mol. The van der Waals surface area contributed by atoms with Gasteiger partial charge in [0.15, 0.2) is 15.8 Å². The number of hydrogen-bond donors (Lipinski definition) is 2. The third-order valence-electron chi connectivity index (χ3n) is 4.85. The lowest BCUT2D eigenvalue weighted by molar-refractivity contribution is 0.185. The number of aliphatic hydroxyl groups excluding tert-OH is 1. The summed E-state index contributed by atoms with van der Waals surface area (Å²) >= 11 is 0. The van der Waals surface area contributed by atoms with Crippen LogP contribution in [0, 0.1) is 0 Å². The van der Waals surface area contributed by atoms with E-state index in [4.69, 9.17) is 9.47 Å². The Balaban J connectivity index is 2.19. The van der Waals surface area contributed by atoms with Crippen LogP contribution in [0.25, 0.3) is 0 Å². The van der Waals surface area contributed by atoms with Crippen molar-refractivity contribution in [1.82, 2.24) is 10.2 Å². The molecule has 9 heteroatoms. The Morgan fingerprint density at radius 3 is 2.39 bits per heavy atom. The lowest BCUT2D eigenvalue weighted by atomic mass is 10.1. The predicted octanol–water partition coefficient (Wildman–Crippen LogP) is 1.21. The molecular formula is C19H31N3O5S. The van der Waals surface area contributed by atoms with Crippen molar-refractivity contribution in [2.45, 2.75) is 31.6 Å². The molecule has 2 rings (SSSR count). The molecule has 28 heavy (non-hydrogen) atoms. The van der Waals surface area contributed by atoms with E-state index in [1.54, 1.807) is 46.3 Å². The molecule has 8 nitrogen and oxygen atoms in total. The molecule has 1 atom stereocenters. The van der Waals surface area contributed by atoms with Gasteiger partial charge in [0.25, 0.3) is 0 Å². The van der Waals surface area contributed by atoms with E-state index < -0.39 is 20.7 Å². The quantitative estimate of drug-likeness (QED) is 0.534. The fourth-order valence-electron chi connectivity index (χ4n) is 3.05. The minimum Gasteiger partial charge on any atom is -0.497 e. The van der Waals surface area contributed by atoms with E-state index in [2.05, 4.69) is 10.3 Å². The van der Waals surface area contributed by atoms with Crippen molar-refractivity contribution in [3.63, 3.8) is 0 Å². The zero-order valence-electron chi connectivity index (χ0n) is 17.2. The van der Waals surface area contributed by atoms with Gasteiger partial charge in [0.2, 0.25) is 0 Å². The number of nitrogens with zero attached hydrogens (tertiary/aromatic N) is 2. The Morgan fingerprint density at radius 2 is 1.89 bits per heavy atom. The number of nitrogens with one attached hydrogen (secondary N) is 1. The summed E-state index contributed by atoms with van der Waals surface area (Å²) in [7, 11) is -0.0255. The monoisotopic (exact) mass is 413 g/mol. The van der Waals surface area contributed by atoms with Crippen LogP contribution < -0.4 is 14.8 Å². The van der Waals surface area contributed by atoms with E-state index in [0.717, 1.165) is 0 Å². The molecule has 1 unspecified atom stereocenters. The van der Waals surface area contributed by atoms with Crippen LogP contribution in [0.15, 0.2) is 23.2 Å². The third-order valence-corrected chi connectivity index (χ3v) is 7.38. The Morgan fingerprint density at radius 1 is 1.29 bits per heavy atom. The second kappa shape index (κ2) is 9.00. The van der Waals surface area contributed by atoms with Crippen LogP contribution in [-0.4, -0.2) is 75.3 Å². The van der Waals surface area contributed by atoms with E-state index in [0.29, 0.717) is 42.7 Å². The van der Waals surface area contributed by atoms with Gasteiger partial charge in [-0.25, -0.2) is 8.42 Å². The molecule has 1 fully saturated rings. The van der Waals surface area contributed by atoms with Gasteiger partial charge >= 0.3 is 0 Å². The molecule has 1 aliphatic heterocycles. The minimum atomic E-state index is -3.13. The zero-order chi connectivity index (χ0) is 20.9. The molecule has 0 spiro atoms. The first-order chi connectivity index (χ1) is 13.1. The van der Waals surface area contributed by atoms with Crippen molar-refractivity contribution in [3.05, 3.63) is 23.8 Å². The molecule has 0 aromatic heterocycles. The summed E-state index contributed by atoms with van der Waals surface area (Å²) in [5.74, 6) is 1.86. The van der Waals surface area contributed by atoms with E-state index in [-0.39, 0.29) is 12.3 Å². The minimum absolute atomic E-state index is 0.0834. The lowest BCUT2D eigenvalue weighted by Crippen LogP contribution is -2.57. The standard InChI is InChI=1S/C19H31N3O5S/c1-6-20-18(22-7-8-28(24,25)19(2,3)13-22)21-12-17(23)14-9-15(26-4)11-16(10-14)27-5/h9-11,17,23H,6-8,12-13H2,1-5H3,(H,20,21). The van der Waals surface area contributed by atoms with Crippen LogP contribution in [0.1, 0.15) is 32.4 Å². The van der Waals surface area contributed by atoms with Gasteiger partial charge in [-0.15, -0.1) is 0 Å². The normalized spacial score (nSPS) is 19.8. The van der Waals surface area contributed by atoms with Gasteiger partial charge in [-0.3, -0.25) is 4.99 Å². The first-order valence-corrected chi connectivity index (χ1v) is 11.0. The smallest absolute Gasteiger partial charge is 0.194 e. The molecule has 0 radical (unpaired) electrons. The molecule has 1 aromatic carbocycles. The summed E-state index contributed by atoms with van der Waals surface area (Å²) < 4.78 is 34.1. The Bertz CT molecular complexity index is 786. The highest BCUT2D eigenvalue weighted by atomic mass is 32.2. The number of sulfone groups is 1. The molecule has 2 N–H and O–H groups in total. The average molecular weight is 414 g/mol. The number of aliphatic imine (C=N–C) groups is 1. The lowest BCUT2D eigenvalue weighted by Gasteiger charge is -2.39. The van der Waals surface area contributed by atoms with Crippen LogP contribution in [-0.2, 0) is 9.84 Å². The van der Waals surface area contributed by atoms with Crippen LogP contribution in [0.3, 0.4) is 0 Å². The SMILES string of the molecule is CCNC(=NCC(O)c1cc(OC)cc(OC)c1)N1CCS(=O)(=O)C(C)(C)C1. The maximum atomic E-state index is 12.3. The number of hydrogen-bond acceptors (Lipinski definition) is 6. The first kappa shape index (κ1) is 22.3. The predicted molar refractivity (Wildman–Crippen MR) is 110 cm³/mol. The zero-order valence-corrected chi connectivity index (χ0v) is 18.0. The highest BCUT2D eigenvalue weighted by Crippen LogP contribution is 2.27. The van der Waals surface area contributed by atoms with Crippen molar-refractivity contribution in [2.75, 3.05) is 46.2 Å². The summed E-state index contributed by atoms with van der Waals surface area (Å²) in [6, 6.07) is 5.22. The molecule has 0 bridgehead atoms. The number of guanidine groups is 1. The van der Waals surface area contributed by atoms with Gasteiger partial charge in [0.05, 0.1) is 37.4 Å². The Hall–Kier alpha value is -2.00. The van der Waals surface area contributed by atoms with Crippen molar-refractivity contribution in [3.8, 4) is 11.5 Å². The topological polar surface area (TPSA) is 100 Å². The fourth-order valence-corrected chi connectivity index (χ4v) is 4.42. The first-order valence-electron chi connectivity index (χ1n) is 9.30. The van der Waals surface area contributed by atoms with Crippen LogP contribution in [0.2, 0.25) is 0 Å². The van der Waals surface area contributed by atoms with E-state index >= 15 is 0 Å². The van der Waals surface area contributed by atoms with Gasteiger partial charge in [-0.05, 0) is 38.5 Å². The molecule has 1 heterocycles. The van der Waals surface area contributed by atoms with Crippen molar-refractivity contribution in [1.29, 1.82) is 0 Å². The molecule has 1 saturated heterocycles. The van der Waals surface area contributed by atoms with Gasteiger partial charge in [-0.2, -0.15) is 0 Å². The van der Waals surface area contributed by atoms with Crippen molar-refractivity contribution < 1.29 is 23.0 Å².